The molecule has 14 heteroatoms. The molecule has 156 valence electrons. The number of carbonyl (C=O) groups excluding carboxylic acids is 1. The topological polar surface area (TPSA) is 190 Å². The van der Waals surface area contributed by atoms with E-state index in [0.29, 0.717) is 6.42 Å². The van der Waals surface area contributed by atoms with Crippen LogP contribution in [0.15, 0.2) is 18.7 Å². The first kappa shape index (κ1) is 22.7. The van der Waals surface area contributed by atoms with Gasteiger partial charge in [-0.25, -0.2) is 0 Å². The summed E-state index contributed by atoms with van der Waals surface area (Å²) < 4.78 is 10.8. The summed E-state index contributed by atoms with van der Waals surface area (Å²) in [5, 5.41) is 27.0. The molecule has 2 atom stereocenters. The summed E-state index contributed by atoms with van der Waals surface area (Å²) in [6, 6.07) is 0. The molecule has 0 amide bonds. The number of hydrogen-bond donors (Lipinski definition) is 6. The van der Waals surface area contributed by atoms with E-state index in [1.165, 1.54) is 23.3 Å². The molecule has 12 nitrogen and oxygen atoms in total. The molecule has 0 aliphatic heterocycles. The second kappa shape index (κ2) is 8.40. The Bertz CT molecular complexity index is 633. The van der Waals surface area contributed by atoms with Crippen molar-refractivity contribution in [2.75, 3.05) is 6.54 Å². The number of Topliss-reactive ketones (excluding diaryl/α,β-unsaturated/α-hetero) is 1. The molecular formula is C13H25N3O9P2. The number of rotatable bonds is 11. The molecular weight excluding hydrogens is 404 g/mol. The molecule has 2 unspecified atom stereocenters. The van der Waals surface area contributed by atoms with Crippen LogP contribution in [0, 0.1) is 0 Å². The van der Waals surface area contributed by atoms with Gasteiger partial charge in [-0.05, 0) is 0 Å². The molecule has 0 bridgehead atoms. The summed E-state index contributed by atoms with van der Waals surface area (Å²) in [5.41, 5.74) is 3.96. The van der Waals surface area contributed by atoms with Gasteiger partial charge in [-0.3, -0.25) is 0 Å². The fraction of sp³-hybridized carbons (Fsp3) is 0.692. The number of imidazole rings is 1. The van der Waals surface area contributed by atoms with Crippen molar-refractivity contribution in [3.05, 3.63) is 18.7 Å². The van der Waals surface area contributed by atoms with Crippen molar-refractivity contribution >= 4 is 22.5 Å². The third-order valence-corrected chi connectivity index (χ3v) is 7.91. The first-order chi connectivity index (χ1) is 12.4. The number of hydrogen-bond acceptors (Lipinski definition) is 11. The van der Waals surface area contributed by atoms with Crippen LogP contribution in [0.4, 0.5) is 0 Å². The quantitative estimate of drug-likeness (QED) is 0.106. The van der Waals surface area contributed by atoms with Crippen molar-refractivity contribution in [1.82, 2.24) is 9.55 Å². The SMILES string of the molecule is CC(O)(O)OPC(O)(Cn1ccnc1)[PH](O)(O)OOC1(C(=O)CN)CCC1. The summed E-state index contributed by atoms with van der Waals surface area (Å²) in [6.07, 6.45) is 5.37. The van der Waals surface area contributed by atoms with Gasteiger partial charge < -0.3 is 0 Å². The summed E-state index contributed by atoms with van der Waals surface area (Å²) in [7, 11) is -6.33. The molecule has 1 aromatic rings. The Kier molecular flexibility index (Phi) is 7.05. The van der Waals surface area contributed by atoms with Crippen LogP contribution in [0.1, 0.15) is 26.2 Å². The number of nitrogens with zero attached hydrogens (tertiary/aromatic N) is 2. The molecule has 2 rings (SSSR count). The molecule has 27 heavy (non-hydrogen) atoms. The van der Waals surface area contributed by atoms with Crippen LogP contribution in [0.5, 0.6) is 0 Å². The average molecular weight is 429 g/mol. The van der Waals surface area contributed by atoms with Crippen LogP contribution in [-0.2, 0) is 25.4 Å². The Hall–Kier alpha value is -0.620. The Morgan fingerprint density at radius 3 is 2.52 bits per heavy atom. The Balaban J connectivity index is 2.17. The number of carbonyl (C=O) groups is 1. The standard InChI is InChI=1S/C13H25N3O9P2/c1-11(18,19)24-26-13(20,8-16-6-5-15-9-16)27(21,22)25-23-12(3-2-4-12)10(17)7-14/h5-6,9,18-22,26-27H,2-4,7-8,14H2,1H3. The van der Waals surface area contributed by atoms with Crippen LogP contribution < -0.4 is 5.73 Å². The van der Waals surface area contributed by atoms with E-state index in [-0.39, 0.29) is 19.4 Å². The van der Waals surface area contributed by atoms with Crippen molar-refractivity contribution in [2.24, 2.45) is 5.73 Å². The number of aromatic nitrogens is 2. The summed E-state index contributed by atoms with van der Waals surface area (Å²) >= 11 is 0. The van der Waals surface area contributed by atoms with Gasteiger partial charge in [0.2, 0.25) is 0 Å². The first-order valence-electron chi connectivity index (χ1n) is 8.06. The Labute approximate surface area is 157 Å². The van der Waals surface area contributed by atoms with Crippen molar-refractivity contribution in [1.29, 1.82) is 0 Å². The summed E-state index contributed by atoms with van der Waals surface area (Å²) in [4.78, 5) is 41.7. The second-order valence-electron chi connectivity index (χ2n) is 6.48. The molecule has 1 aliphatic rings. The molecule has 1 heterocycles. The minimum absolute atomic E-state index is 0.289. The third-order valence-electron chi connectivity index (χ3n) is 4.09. The molecule has 0 spiro atoms. The normalized spacial score (nSPS) is 20.4. The monoisotopic (exact) mass is 429 g/mol. The van der Waals surface area contributed by atoms with E-state index in [9.17, 15) is 29.9 Å². The molecule has 0 saturated heterocycles. The van der Waals surface area contributed by atoms with Crippen molar-refractivity contribution in [2.45, 2.75) is 49.4 Å². The van der Waals surface area contributed by atoms with Crippen molar-refractivity contribution in [3.8, 4) is 0 Å². The summed E-state index contributed by atoms with van der Waals surface area (Å²) in [6.45, 7) is 0.116. The fourth-order valence-electron chi connectivity index (χ4n) is 2.33. The predicted molar refractivity (Wildman–Crippen MR) is 95.0 cm³/mol. The predicted octanol–water partition coefficient (Wildman–Crippen LogP) is -1.32. The third kappa shape index (κ3) is 5.47. The van der Waals surface area contributed by atoms with Gasteiger partial charge in [-0.1, -0.05) is 0 Å². The first-order valence-corrected chi connectivity index (χ1v) is 10.8. The molecule has 7 N–H and O–H groups in total. The molecule has 1 aliphatic carbocycles. The van der Waals surface area contributed by atoms with E-state index in [2.05, 4.69) is 4.98 Å². The Morgan fingerprint density at radius 1 is 1.41 bits per heavy atom. The summed E-state index contributed by atoms with van der Waals surface area (Å²) in [5.74, 6) is -3.09. The van der Waals surface area contributed by atoms with Gasteiger partial charge in [0.05, 0.1) is 0 Å². The fourth-order valence-corrected chi connectivity index (χ4v) is 4.55. The van der Waals surface area contributed by atoms with E-state index < -0.39 is 45.7 Å². The van der Waals surface area contributed by atoms with Crippen molar-refractivity contribution < 1.29 is 44.0 Å². The van der Waals surface area contributed by atoms with Crippen LogP contribution in [0.2, 0.25) is 0 Å². The van der Waals surface area contributed by atoms with Crippen molar-refractivity contribution in [3.63, 3.8) is 0 Å². The number of aliphatic hydroxyl groups is 3. The van der Waals surface area contributed by atoms with Gasteiger partial charge in [-0.2, -0.15) is 0 Å². The molecule has 0 aromatic carbocycles. The van der Waals surface area contributed by atoms with Gasteiger partial charge in [-0.15, -0.1) is 0 Å². The molecule has 0 radical (unpaired) electrons. The van der Waals surface area contributed by atoms with E-state index in [4.69, 9.17) is 19.8 Å². The molecule has 1 aromatic heterocycles. The van der Waals surface area contributed by atoms with Crippen LogP contribution in [0.25, 0.3) is 0 Å². The van der Waals surface area contributed by atoms with Gasteiger partial charge in [0, 0.05) is 0 Å². The zero-order chi connectivity index (χ0) is 20.3. The Morgan fingerprint density at radius 2 is 2.07 bits per heavy atom. The zero-order valence-electron chi connectivity index (χ0n) is 14.6. The van der Waals surface area contributed by atoms with E-state index in [1.807, 2.05) is 0 Å². The maximum absolute atomic E-state index is 12.0. The van der Waals surface area contributed by atoms with Crippen LogP contribution in [0.3, 0.4) is 0 Å². The number of nitrogens with two attached hydrogens (primary N) is 1. The maximum atomic E-state index is 12.0. The number of ketones is 1. The molecule has 1 saturated carbocycles. The minimum atomic E-state index is -5.11. The van der Waals surface area contributed by atoms with Crippen LogP contribution in [-0.4, -0.2) is 63.6 Å². The van der Waals surface area contributed by atoms with E-state index in [0.717, 1.165) is 6.92 Å². The van der Waals surface area contributed by atoms with Gasteiger partial charge in [0.25, 0.3) is 0 Å². The van der Waals surface area contributed by atoms with Gasteiger partial charge in [0.1, 0.15) is 0 Å². The van der Waals surface area contributed by atoms with Crippen LogP contribution >= 0.6 is 16.8 Å². The van der Waals surface area contributed by atoms with Gasteiger partial charge in [0.15, 0.2) is 0 Å². The second-order valence-corrected chi connectivity index (χ2v) is 10.4. The average Bonchev–Trinajstić information content (AvgIpc) is 3.03. The van der Waals surface area contributed by atoms with E-state index >= 15 is 0 Å². The molecule has 1 fully saturated rings. The van der Waals surface area contributed by atoms with E-state index in [1.54, 1.807) is 0 Å². The zero-order valence-corrected chi connectivity index (χ0v) is 16.6. The van der Waals surface area contributed by atoms with Gasteiger partial charge >= 0.3 is 156 Å².